The summed E-state index contributed by atoms with van der Waals surface area (Å²) in [6.07, 6.45) is -0.00765. The number of ether oxygens (including phenoxy) is 2. The molecule has 1 amide bonds. The minimum Gasteiger partial charge on any atom is -0.497 e. The number of hydrogen-bond acceptors (Lipinski definition) is 5. The normalized spacial score (nSPS) is 15.8. The van der Waals surface area contributed by atoms with E-state index in [4.69, 9.17) is 26.2 Å². The third-order valence-electron chi connectivity index (χ3n) is 4.70. The predicted molar refractivity (Wildman–Crippen MR) is 109 cm³/mol. The van der Waals surface area contributed by atoms with Crippen LogP contribution in [0.15, 0.2) is 47.6 Å². The molecule has 0 fully saturated rings. The highest BCUT2D eigenvalue weighted by Crippen LogP contribution is 2.38. The van der Waals surface area contributed by atoms with Crippen LogP contribution in [-0.4, -0.2) is 41.9 Å². The Morgan fingerprint density at radius 3 is 2.59 bits per heavy atom. The first kappa shape index (κ1) is 20.7. The second-order valence-electron chi connectivity index (χ2n) is 6.49. The van der Waals surface area contributed by atoms with E-state index in [9.17, 15) is 9.59 Å². The Hall–Kier alpha value is -3.06. The highest BCUT2D eigenvalue weighted by Gasteiger charge is 2.35. The van der Waals surface area contributed by atoms with Gasteiger partial charge in [-0.25, -0.2) is 5.01 Å². The van der Waals surface area contributed by atoms with Crippen molar-refractivity contribution in [2.24, 2.45) is 5.10 Å². The molecule has 7 nitrogen and oxygen atoms in total. The van der Waals surface area contributed by atoms with Crippen LogP contribution in [-0.2, 0) is 9.59 Å². The van der Waals surface area contributed by atoms with Crippen molar-refractivity contribution < 1.29 is 24.2 Å². The number of aliphatic carboxylic acids is 1. The fourth-order valence-electron chi connectivity index (χ4n) is 3.26. The van der Waals surface area contributed by atoms with Gasteiger partial charge in [-0.05, 0) is 29.8 Å². The largest absolute Gasteiger partial charge is 0.497 e. The smallest absolute Gasteiger partial charge is 0.303 e. The lowest BCUT2D eigenvalue weighted by Crippen LogP contribution is -2.27. The van der Waals surface area contributed by atoms with E-state index in [1.165, 1.54) is 5.01 Å². The Labute approximate surface area is 173 Å². The molecule has 0 spiro atoms. The third kappa shape index (κ3) is 4.51. The average Bonchev–Trinajstić information content (AvgIpc) is 3.16. The number of rotatable bonds is 7. The van der Waals surface area contributed by atoms with E-state index in [2.05, 4.69) is 5.10 Å². The van der Waals surface area contributed by atoms with Crippen LogP contribution in [0.4, 0.5) is 0 Å². The third-order valence-corrected chi connectivity index (χ3v) is 5.04. The SMILES string of the molecule is COc1ccc(OC)c(C2=NN(C(=O)CCC(=O)O)[C@H](c3ccccc3Cl)C2)c1. The van der Waals surface area contributed by atoms with Gasteiger partial charge in [0.1, 0.15) is 11.5 Å². The number of carboxylic acid groups (broad SMARTS) is 1. The van der Waals surface area contributed by atoms with Crippen molar-refractivity contribution in [1.29, 1.82) is 0 Å². The Kier molecular flexibility index (Phi) is 6.39. The molecule has 0 aromatic heterocycles. The first-order valence-corrected chi connectivity index (χ1v) is 9.40. The van der Waals surface area contributed by atoms with Gasteiger partial charge in [0.25, 0.3) is 0 Å². The van der Waals surface area contributed by atoms with Gasteiger partial charge in [-0.15, -0.1) is 0 Å². The Morgan fingerprint density at radius 1 is 1.17 bits per heavy atom. The molecule has 1 atom stereocenters. The van der Waals surface area contributed by atoms with Gasteiger partial charge in [0, 0.05) is 23.4 Å². The van der Waals surface area contributed by atoms with Crippen molar-refractivity contribution in [2.45, 2.75) is 25.3 Å². The molecule has 0 saturated heterocycles. The Bertz CT molecular complexity index is 960. The number of carbonyl (C=O) groups is 2. The molecule has 0 aliphatic carbocycles. The summed E-state index contributed by atoms with van der Waals surface area (Å²) in [5.74, 6) is -0.185. The van der Waals surface area contributed by atoms with Crippen molar-refractivity contribution in [1.82, 2.24) is 5.01 Å². The van der Waals surface area contributed by atoms with E-state index in [-0.39, 0.29) is 18.7 Å². The zero-order valence-electron chi connectivity index (χ0n) is 16.1. The maximum Gasteiger partial charge on any atom is 0.303 e. The molecule has 152 valence electrons. The fraction of sp³-hybridized carbons (Fsp3) is 0.286. The molecule has 2 aromatic rings. The molecule has 1 heterocycles. The lowest BCUT2D eigenvalue weighted by molar-refractivity contribution is -0.141. The molecule has 1 aliphatic heterocycles. The number of nitrogens with zero attached hydrogens (tertiary/aromatic N) is 2. The van der Waals surface area contributed by atoms with Gasteiger partial charge in [-0.3, -0.25) is 9.59 Å². The molecular formula is C21H21ClN2O5. The molecular weight excluding hydrogens is 396 g/mol. The zero-order chi connectivity index (χ0) is 21.0. The second kappa shape index (κ2) is 8.96. The summed E-state index contributed by atoms with van der Waals surface area (Å²) in [5.41, 5.74) is 2.09. The van der Waals surface area contributed by atoms with Gasteiger partial charge in [0.15, 0.2) is 0 Å². The highest BCUT2D eigenvalue weighted by molar-refractivity contribution is 6.31. The number of amides is 1. The van der Waals surface area contributed by atoms with Gasteiger partial charge >= 0.3 is 5.97 Å². The number of halogens is 1. The standard InChI is InChI=1S/C21H21ClN2O5/c1-28-13-7-8-19(29-2)15(11-13)17-12-18(14-5-3-4-6-16(14)22)24(23-17)20(25)9-10-21(26)27/h3-8,11,18H,9-10,12H2,1-2H3,(H,26,27)/t18-/m0/s1. The molecule has 0 bridgehead atoms. The van der Waals surface area contributed by atoms with Gasteiger partial charge in [-0.2, -0.15) is 5.10 Å². The van der Waals surface area contributed by atoms with Crippen molar-refractivity contribution in [2.75, 3.05) is 14.2 Å². The number of hydrogen-bond donors (Lipinski definition) is 1. The summed E-state index contributed by atoms with van der Waals surface area (Å²) in [7, 11) is 3.12. The molecule has 1 aliphatic rings. The van der Waals surface area contributed by atoms with Crippen LogP contribution in [0.25, 0.3) is 0 Å². The second-order valence-corrected chi connectivity index (χ2v) is 6.89. The Balaban J connectivity index is 2.01. The van der Waals surface area contributed by atoms with E-state index in [0.29, 0.717) is 34.2 Å². The van der Waals surface area contributed by atoms with E-state index in [0.717, 1.165) is 5.56 Å². The van der Waals surface area contributed by atoms with Gasteiger partial charge in [-0.1, -0.05) is 29.8 Å². The number of benzene rings is 2. The van der Waals surface area contributed by atoms with Crippen LogP contribution in [0.2, 0.25) is 5.02 Å². The molecule has 0 radical (unpaired) electrons. The number of carbonyl (C=O) groups excluding carboxylic acids is 1. The molecule has 29 heavy (non-hydrogen) atoms. The summed E-state index contributed by atoms with van der Waals surface area (Å²) in [5, 5.41) is 15.3. The van der Waals surface area contributed by atoms with Crippen LogP contribution < -0.4 is 9.47 Å². The quantitative estimate of drug-likeness (QED) is 0.739. The van der Waals surface area contributed by atoms with Crippen LogP contribution >= 0.6 is 11.6 Å². The maximum absolute atomic E-state index is 12.8. The monoisotopic (exact) mass is 416 g/mol. The molecule has 1 N–H and O–H groups in total. The fourth-order valence-corrected chi connectivity index (χ4v) is 3.52. The molecule has 0 saturated carbocycles. The first-order chi connectivity index (χ1) is 13.9. The van der Waals surface area contributed by atoms with Crippen LogP contribution in [0, 0.1) is 0 Å². The first-order valence-electron chi connectivity index (χ1n) is 9.02. The van der Waals surface area contributed by atoms with E-state index < -0.39 is 12.0 Å². The Morgan fingerprint density at radius 2 is 1.93 bits per heavy atom. The lowest BCUT2D eigenvalue weighted by Gasteiger charge is -2.22. The molecule has 2 aromatic carbocycles. The van der Waals surface area contributed by atoms with Crippen LogP contribution in [0.1, 0.15) is 36.4 Å². The number of carboxylic acids is 1. The predicted octanol–water partition coefficient (Wildman–Crippen LogP) is 3.90. The maximum atomic E-state index is 12.8. The van der Waals surface area contributed by atoms with E-state index in [1.807, 2.05) is 18.2 Å². The van der Waals surface area contributed by atoms with Gasteiger partial charge in [0.05, 0.1) is 32.4 Å². The van der Waals surface area contributed by atoms with E-state index in [1.54, 1.807) is 38.5 Å². The van der Waals surface area contributed by atoms with Gasteiger partial charge < -0.3 is 14.6 Å². The number of methoxy groups -OCH3 is 2. The summed E-state index contributed by atoms with van der Waals surface area (Å²) < 4.78 is 10.8. The minimum absolute atomic E-state index is 0.150. The van der Waals surface area contributed by atoms with Crippen molar-refractivity contribution in [3.8, 4) is 11.5 Å². The summed E-state index contributed by atoms with van der Waals surface area (Å²) in [4.78, 5) is 23.7. The van der Waals surface area contributed by atoms with Crippen molar-refractivity contribution >= 4 is 29.2 Å². The zero-order valence-corrected chi connectivity index (χ0v) is 16.8. The van der Waals surface area contributed by atoms with Crippen LogP contribution in [0.3, 0.4) is 0 Å². The summed E-state index contributed by atoms with van der Waals surface area (Å²) in [6, 6.07) is 12.2. The van der Waals surface area contributed by atoms with Crippen LogP contribution in [0.5, 0.6) is 11.5 Å². The van der Waals surface area contributed by atoms with Crippen molar-refractivity contribution in [3.63, 3.8) is 0 Å². The highest BCUT2D eigenvalue weighted by atomic mass is 35.5. The van der Waals surface area contributed by atoms with E-state index >= 15 is 0 Å². The summed E-state index contributed by atoms with van der Waals surface area (Å²) in [6.45, 7) is 0. The average molecular weight is 417 g/mol. The molecule has 8 heteroatoms. The summed E-state index contributed by atoms with van der Waals surface area (Å²) >= 11 is 6.37. The topological polar surface area (TPSA) is 88.4 Å². The molecule has 3 rings (SSSR count). The van der Waals surface area contributed by atoms with Crippen molar-refractivity contribution in [3.05, 3.63) is 58.6 Å². The molecule has 0 unspecified atom stereocenters. The number of hydrazone groups is 1. The minimum atomic E-state index is -1.04. The lowest BCUT2D eigenvalue weighted by atomic mass is 9.97. The van der Waals surface area contributed by atoms with Gasteiger partial charge in [0.2, 0.25) is 5.91 Å².